The van der Waals surface area contributed by atoms with Crippen molar-refractivity contribution in [3.05, 3.63) is 38.6 Å². The van der Waals surface area contributed by atoms with Crippen LogP contribution in [0.25, 0.3) is 11.1 Å². The zero-order valence-corrected chi connectivity index (χ0v) is 9.80. The lowest BCUT2D eigenvalue weighted by Gasteiger charge is -2.01. The first kappa shape index (κ1) is 11.1. The van der Waals surface area contributed by atoms with Crippen molar-refractivity contribution in [3.8, 4) is 17.0 Å². The summed E-state index contributed by atoms with van der Waals surface area (Å²) in [6, 6.07) is 4.73. The van der Waals surface area contributed by atoms with E-state index >= 15 is 0 Å². The van der Waals surface area contributed by atoms with Crippen LogP contribution in [-0.4, -0.2) is 14.9 Å². The average molecular weight is 259 g/mol. The first-order chi connectivity index (χ1) is 7.50. The maximum atomic E-state index is 11.5. The van der Waals surface area contributed by atoms with Crippen molar-refractivity contribution in [1.82, 2.24) is 9.78 Å². The van der Waals surface area contributed by atoms with Gasteiger partial charge in [0.1, 0.15) is 5.56 Å². The Labute approximate surface area is 101 Å². The van der Waals surface area contributed by atoms with Crippen LogP contribution in [0.2, 0.25) is 10.0 Å². The molecule has 0 aliphatic rings. The van der Waals surface area contributed by atoms with Gasteiger partial charge in [-0.1, -0.05) is 29.3 Å². The first-order valence-corrected chi connectivity index (χ1v) is 5.19. The van der Waals surface area contributed by atoms with Crippen LogP contribution >= 0.6 is 23.2 Å². The van der Waals surface area contributed by atoms with E-state index in [0.29, 0.717) is 15.6 Å². The van der Waals surface area contributed by atoms with E-state index in [9.17, 15) is 9.90 Å². The number of aromatic nitrogens is 2. The molecule has 4 nitrogen and oxygen atoms in total. The van der Waals surface area contributed by atoms with E-state index in [1.165, 1.54) is 17.8 Å². The van der Waals surface area contributed by atoms with Gasteiger partial charge in [-0.05, 0) is 17.7 Å². The Morgan fingerprint density at radius 1 is 1.31 bits per heavy atom. The van der Waals surface area contributed by atoms with Gasteiger partial charge >= 0.3 is 0 Å². The third-order valence-electron chi connectivity index (χ3n) is 2.25. The van der Waals surface area contributed by atoms with Crippen molar-refractivity contribution in [2.75, 3.05) is 0 Å². The average Bonchev–Trinajstić information content (AvgIpc) is 2.47. The molecular weight excluding hydrogens is 251 g/mol. The summed E-state index contributed by atoms with van der Waals surface area (Å²) in [5, 5.41) is 12.9. The van der Waals surface area contributed by atoms with Gasteiger partial charge in [-0.2, -0.15) is 0 Å². The predicted molar refractivity (Wildman–Crippen MR) is 63.2 cm³/mol. The summed E-state index contributed by atoms with van der Waals surface area (Å²) in [6.45, 7) is 0. The molecule has 0 saturated heterocycles. The summed E-state index contributed by atoms with van der Waals surface area (Å²) in [5.41, 5.74) is 0.327. The Kier molecular flexibility index (Phi) is 2.69. The molecule has 0 aliphatic heterocycles. The number of aromatic hydroxyl groups is 1. The molecule has 0 atom stereocenters. The van der Waals surface area contributed by atoms with E-state index in [4.69, 9.17) is 23.2 Å². The van der Waals surface area contributed by atoms with E-state index in [2.05, 4.69) is 5.10 Å². The monoisotopic (exact) mass is 258 g/mol. The molecule has 0 fully saturated rings. The second kappa shape index (κ2) is 3.88. The number of nitrogens with zero attached hydrogens (tertiary/aromatic N) is 1. The summed E-state index contributed by atoms with van der Waals surface area (Å²) in [7, 11) is 1.54. The minimum absolute atomic E-state index is 0.136. The fraction of sp³-hybridized carbons (Fsp3) is 0.100. The van der Waals surface area contributed by atoms with Crippen LogP contribution in [0.5, 0.6) is 5.88 Å². The summed E-state index contributed by atoms with van der Waals surface area (Å²) >= 11 is 11.6. The molecule has 0 bridgehead atoms. The molecule has 16 heavy (non-hydrogen) atoms. The largest absolute Gasteiger partial charge is 0.493 e. The van der Waals surface area contributed by atoms with Gasteiger partial charge in [-0.15, -0.1) is 0 Å². The molecule has 1 aromatic heterocycles. The quantitative estimate of drug-likeness (QED) is 0.826. The molecule has 2 rings (SSSR count). The van der Waals surface area contributed by atoms with Crippen LogP contribution in [0.4, 0.5) is 0 Å². The Morgan fingerprint density at radius 2 is 2.00 bits per heavy atom. The lowest BCUT2D eigenvalue weighted by atomic mass is 10.1. The molecule has 2 aromatic rings. The SMILES string of the molecule is Cn1[nH]c(=O)c(-c2ccc(Cl)c(Cl)c2)c1O. The molecule has 0 spiro atoms. The van der Waals surface area contributed by atoms with Gasteiger partial charge in [0.25, 0.3) is 5.56 Å². The Hall–Kier alpha value is -1.39. The van der Waals surface area contributed by atoms with Gasteiger partial charge < -0.3 is 5.11 Å². The van der Waals surface area contributed by atoms with Crippen molar-refractivity contribution in [1.29, 1.82) is 0 Å². The minimum atomic E-state index is -0.376. The summed E-state index contributed by atoms with van der Waals surface area (Å²) in [4.78, 5) is 11.5. The summed E-state index contributed by atoms with van der Waals surface area (Å²) in [6.07, 6.45) is 0. The topological polar surface area (TPSA) is 58.0 Å². The number of hydrogen-bond donors (Lipinski definition) is 2. The minimum Gasteiger partial charge on any atom is -0.493 e. The van der Waals surface area contributed by atoms with Crippen molar-refractivity contribution < 1.29 is 5.11 Å². The highest BCUT2D eigenvalue weighted by molar-refractivity contribution is 6.42. The highest BCUT2D eigenvalue weighted by Crippen LogP contribution is 2.30. The van der Waals surface area contributed by atoms with Gasteiger partial charge in [0.2, 0.25) is 5.88 Å². The van der Waals surface area contributed by atoms with E-state index in [1.807, 2.05) is 0 Å². The predicted octanol–water partition coefficient (Wildman–Crippen LogP) is 2.39. The molecule has 0 amide bonds. The molecule has 1 heterocycles. The number of nitrogens with one attached hydrogen (secondary N) is 1. The number of aryl methyl sites for hydroxylation is 1. The second-order valence-electron chi connectivity index (χ2n) is 3.33. The van der Waals surface area contributed by atoms with Crippen molar-refractivity contribution in [3.63, 3.8) is 0 Å². The fourth-order valence-corrected chi connectivity index (χ4v) is 1.74. The van der Waals surface area contributed by atoms with Gasteiger partial charge in [-0.3, -0.25) is 14.6 Å². The van der Waals surface area contributed by atoms with Crippen LogP contribution in [0.15, 0.2) is 23.0 Å². The third kappa shape index (κ3) is 1.70. The van der Waals surface area contributed by atoms with Gasteiger partial charge in [0, 0.05) is 7.05 Å². The van der Waals surface area contributed by atoms with Crippen molar-refractivity contribution in [2.24, 2.45) is 7.05 Å². The molecule has 6 heteroatoms. The molecular formula is C10H8Cl2N2O2. The maximum Gasteiger partial charge on any atom is 0.275 e. The molecule has 0 radical (unpaired) electrons. The molecule has 2 N–H and O–H groups in total. The zero-order valence-electron chi connectivity index (χ0n) is 8.29. The van der Waals surface area contributed by atoms with Crippen LogP contribution in [0.3, 0.4) is 0 Å². The van der Waals surface area contributed by atoms with Gasteiger partial charge in [0.15, 0.2) is 0 Å². The molecule has 0 aliphatic carbocycles. The molecule has 84 valence electrons. The highest BCUT2D eigenvalue weighted by atomic mass is 35.5. The van der Waals surface area contributed by atoms with E-state index in [-0.39, 0.29) is 17.0 Å². The smallest absolute Gasteiger partial charge is 0.275 e. The van der Waals surface area contributed by atoms with Crippen LogP contribution in [0, 0.1) is 0 Å². The first-order valence-electron chi connectivity index (χ1n) is 4.44. The number of H-pyrrole nitrogens is 1. The Balaban J connectivity index is 2.68. The zero-order chi connectivity index (χ0) is 11.9. The number of hydrogen-bond acceptors (Lipinski definition) is 2. The van der Waals surface area contributed by atoms with Gasteiger partial charge in [-0.25, -0.2) is 0 Å². The molecule has 0 unspecified atom stereocenters. The van der Waals surface area contributed by atoms with Crippen molar-refractivity contribution in [2.45, 2.75) is 0 Å². The number of halogens is 2. The lowest BCUT2D eigenvalue weighted by Crippen LogP contribution is -2.03. The van der Waals surface area contributed by atoms with E-state index < -0.39 is 0 Å². The number of rotatable bonds is 1. The van der Waals surface area contributed by atoms with Crippen LogP contribution in [-0.2, 0) is 7.05 Å². The molecule has 1 aromatic carbocycles. The second-order valence-corrected chi connectivity index (χ2v) is 4.14. The molecule has 0 saturated carbocycles. The maximum absolute atomic E-state index is 11.5. The number of aromatic amines is 1. The number of benzene rings is 1. The third-order valence-corrected chi connectivity index (χ3v) is 2.98. The summed E-state index contributed by atoms with van der Waals surface area (Å²) < 4.78 is 1.24. The van der Waals surface area contributed by atoms with E-state index in [0.717, 1.165) is 0 Å². The van der Waals surface area contributed by atoms with Gasteiger partial charge in [0.05, 0.1) is 10.0 Å². The van der Waals surface area contributed by atoms with Crippen LogP contribution < -0.4 is 5.56 Å². The lowest BCUT2D eigenvalue weighted by molar-refractivity contribution is 0.420. The normalized spacial score (nSPS) is 10.7. The Bertz CT molecular complexity index is 601. The van der Waals surface area contributed by atoms with Crippen LogP contribution in [0.1, 0.15) is 0 Å². The fourth-order valence-electron chi connectivity index (χ4n) is 1.44. The summed E-state index contributed by atoms with van der Waals surface area (Å²) in [5.74, 6) is -0.136. The van der Waals surface area contributed by atoms with Crippen molar-refractivity contribution >= 4 is 23.2 Å². The van der Waals surface area contributed by atoms with E-state index in [1.54, 1.807) is 12.1 Å². The standard InChI is InChI=1S/C10H8Cl2N2O2/c1-14-10(16)8(9(15)13-14)5-2-3-6(11)7(12)4-5/h2-4,16H,1H3,(H,13,15). The Morgan fingerprint density at radius 3 is 2.50 bits per heavy atom. The highest BCUT2D eigenvalue weighted by Gasteiger charge is 2.14.